The van der Waals surface area contributed by atoms with E-state index in [0.717, 1.165) is 45.1 Å². The van der Waals surface area contributed by atoms with Crippen LogP contribution in [0, 0.1) is 23.7 Å². The van der Waals surface area contributed by atoms with Crippen LogP contribution in [0.3, 0.4) is 0 Å². The number of fused-ring (bicyclic) bond motifs is 4. The van der Waals surface area contributed by atoms with Crippen LogP contribution < -0.4 is 11.1 Å². The molecule has 5 heterocycles. The predicted octanol–water partition coefficient (Wildman–Crippen LogP) is 1.82. The molecule has 6 rings (SSSR count). The third-order valence-electron chi connectivity index (χ3n) is 10.2. The fraction of sp³-hybridized carbons (Fsp3) is 0.929. The van der Waals surface area contributed by atoms with Crippen LogP contribution >= 0.6 is 0 Å². The SMILES string of the molecule is CC1CC(=O)C2C(CC3OC(C)(C)C4OC(=O)C5(CCCC4C3C2O)OC5CCC2CCNC(N)C2)O1. The number of aliphatic hydroxyl groups excluding tert-OH is 1. The average Bonchev–Trinajstić information content (AvgIpc) is 3.52. The summed E-state index contributed by atoms with van der Waals surface area (Å²) in [6.45, 7) is 6.80. The number of nitrogens with two attached hydrogens (primary N) is 1. The van der Waals surface area contributed by atoms with Gasteiger partial charge in [-0.1, -0.05) is 0 Å². The highest BCUT2D eigenvalue weighted by molar-refractivity contribution is 5.84. The van der Waals surface area contributed by atoms with E-state index in [0.29, 0.717) is 25.2 Å². The van der Waals surface area contributed by atoms with Crippen LogP contribution in [-0.2, 0) is 28.5 Å². The maximum absolute atomic E-state index is 13.6. The number of esters is 1. The molecule has 12 unspecified atom stereocenters. The number of epoxide rings is 1. The van der Waals surface area contributed by atoms with Crippen molar-refractivity contribution in [2.75, 3.05) is 6.54 Å². The van der Waals surface area contributed by atoms with Crippen LogP contribution in [0.15, 0.2) is 0 Å². The van der Waals surface area contributed by atoms with E-state index in [4.69, 9.17) is 24.7 Å². The molecule has 1 aliphatic carbocycles. The van der Waals surface area contributed by atoms with E-state index in [2.05, 4.69) is 5.32 Å². The Hall–Kier alpha value is -1.10. The summed E-state index contributed by atoms with van der Waals surface area (Å²) in [5.41, 5.74) is 4.50. The van der Waals surface area contributed by atoms with Gasteiger partial charge in [0.2, 0.25) is 0 Å². The molecule has 5 aliphatic heterocycles. The molecule has 1 spiro atoms. The Labute approximate surface area is 219 Å². The van der Waals surface area contributed by atoms with E-state index in [-0.39, 0.29) is 54.2 Å². The molecule has 0 bridgehead atoms. The molecule has 5 saturated heterocycles. The molecule has 12 atom stereocenters. The Balaban J connectivity index is 1.16. The number of Topliss-reactive ketones (excluding diaryl/α,β-unsaturated/α-hetero) is 1. The number of piperidine rings is 1. The zero-order valence-electron chi connectivity index (χ0n) is 22.4. The monoisotopic (exact) mass is 520 g/mol. The van der Waals surface area contributed by atoms with E-state index in [9.17, 15) is 14.7 Å². The largest absolute Gasteiger partial charge is 0.457 e. The third-order valence-corrected chi connectivity index (χ3v) is 10.2. The van der Waals surface area contributed by atoms with Crippen LogP contribution in [0.25, 0.3) is 0 Å². The highest BCUT2D eigenvalue weighted by atomic mass is 16.7. The van der Waals surface area contributed by atoms with Gasteiger partial charge in [-0.05, 0) is 78.2 Å². The van der Waals surface area contributed by atoms with Gasteiger partial charge in [0.05, 0.1) is 42.6 Å². The number of hydrogen-bond acceptors (Lipinski definition) is 9. The molecule has 0 aromatic carbocycles. The number of hydrogen-bond donors (Lipinski definition) is 3. The minimum absolute atomic E-state index is 0.0535. The van der Waals surface area contributed by atoms with Gasteiger partial charge in [-0.15, -0.1) is 0 Å². The summed E-state index contributed by atoms with van der Waals surface area (Å²) >= 11 is 0. The van der Waals surface area contributed by atoms with Crippen LogP contribution in [-0.4, -0.2) is 77.4 Å². The fourth-order valence-corrected chi connectivity index (χ4v) is 8.43. The second-order valence-corrected chi connectivity index (χ2v) is 13.2. The lowest BCUT2D eigenvalue weighted by molar-refractivity contribution is -0.280. The highest BCUT2D eigenvalue weighted by Crippen LogP contribution is 2.54. The molecule has 9 nitrogen and oxygen atoms in total. The van der Waals surface area contributed by atoms with Gasteiger partial charge in [0.1, 0.15) is 17.5 Å². The average molecular weight is 521 g/mol. The minimum Gasteiger partial charge on any atom is -0.457 e. The van der Waals surface area contributed by atoms with Crippen molar-refractivity contribution in [1.29, 1.82) is 0 Å². The molecule has 208 valence electrons. The normalized spacial score (nSPS) is 51.2. The molecule has 0 aromatic heterocycles. The molecule has 9 heteroatoms. The van der Waals surface area contributed by atoms with Crippen LogP contribution in [0.5, 0.6) is 0 Å². The van der Waals surface area contributed by atoms with Gasteiger partial charge in [0, 0.05) is 24.7 Å². The quantitative estimate of drug-likeness (QED) is 0.376. The molecule has 0 amide bonds. The van der Waals surface area contributed by atoms with Crippen molar-refractivity contribution in [2.45, 2.75) is 133 Å². The van der Waals surface area contributed by atoms with Gasteiger partial charge in [-0.25, -0.2) is 4.79 Å². The maximum Gasteiger partial charge on any atom is 0.341 e. The van der Waals surface area contributed by atoms with Crippen molar-refractivity contribution >= 4 is 11.8 Å². The van der Waals surface area contributed by atoms with Crippen LogP contribution in [0.1, 0.15) is 78.6 Å². The van der Waals surface area contributed by atoms with Crippen molar-refractivity contribution in [3.63, 3.8) is 0 Å². The molecule has 1 saturated carbocycles. The molecule has 0 aromatic rings. The first-order valence-electron chi connectivity index (χ1n) is 14.5. The summed E-state index contributed by atoms with van der Waals surface area (Å²) in [6.07, 6.45) is 4.93. The summed E-state index contributed by atoms with van der Waals surface area (Å²) in [7, 11) is 0. The molecule has 6 fully saturated rings. The number of ether oxygens (including phenoxy) is 4. The number of nitrogens with one attached hydrogen (secondary N) is 1. The summed E-state index contributed by atoms with van der Waals surface area (Å²) in [5, 5.41) is 14.8. The Morgan fingerprint density at radius 1 is 1.11 bits per heavy atom. The van der Waals surface area contributed by atoms with Crippen LogP contribution in [0.4, 0.5) is 0 Å². The van der Waals surface area contributed by atoms with E-state index >= 15 is 0 Å². The predicted molar refractivity (Wildman–Crippen MR) is 133 cm³/mol. The highest BCUT2D eigenvalue weighted by Gasteiger charge is 2.67. The van der Waals surface area contributed by atoms with Gasteiger partial charge in [-0.2, -0.15) is 0 Å². The van der Waals surface area contributed by atoms with E-state index in [1.54, 1.807) is 0 Å². The molecule has 0 radical (unpaired) electrons. The third kappa shape index (κ3) is 4.57. The van der Waals surface area contributed by atoms with Crippen LogP contribution in [0.2, 0.25) is 0 Å². The zero-order chi connectivity index (χ0) is 26.1. The smallest absolute Gasteiger partial charge is 0.341 e. The second-order valence-electron chi connectivity index (χ2n) is 13.2. The topological polar surface area (TPSA) is 133 Å². The molecule has 4 N–H and O–H groups in total. The lowest BCUT2D eigenvalue weighted by atomic mass is 9.61. The van der Waals surface area contributed by atoms with Gasteiger partial charge >= 0.3 is 5.97 Å². The summed E-state index contributed by atoms with van der Waals surface area (Å²) in [5.74, 6) is -0.538. The van der Waals surface area contributed by atoms with Crippen molar-refractivity contribution in [3.05, 3.63) is 0 Å². The first-order chi connectivity index (χ1) is 17.6. The maximum atomic E-state index is 13.6. The molecular formula is C28H44N2O7. The zero-order valence-corrected chi connectivity index (χ0v) is 22.4. The van der Waals surface area contributed by atoms with Gasteiger partial charge in [0.25, 0.3) is 0 Å². The first kappa shape index (κ1) is 26.1. The van der Waals surface area contributed by atoms with Crippen molar-refractivity contribution in [3.8, 4) is 0 Å². The first-order valence-corrected chi connectivity index (χ1v) is 14.5. The van der Waals surface area contributed by atoms with Crippen molar-refractivity contribution < 1.29 is 33.6 Å². The van der Waals surface area contributed by atoms with Gasteiger partial charge < -0.3 is 35.1 Å². The Morgan fingerprint density at radius 3 is 2.70 bits per heavy atom. The number of carbonyl (C=O) groups is 2. The Kier molecular flexibility index (Phi) is 6.73. The summed E-state index contributed by atoms with van der Waals surface area (Å²) < 4.78 is 25.0. The second kappa shape index (κ2) is 9.52. The fourth-order valence-electron chi connectivity index (χ4n) is 8.43. The number of carbonyl (C=O) groups excluding carboxylic acids is 2. The van der Waals surface area contributed by atoms with Crippen molar-refractivity contribution in [2.24, 2.45) is 29.4 Å². The lowest BCUT2D eigenvalue weighted by Gasteiger charge is -2.57. The number of ketones is 1. The molecular weight excluding hydrogens is 476 g/mol. The van der Waals surface area contributed by atoms with Crippen molar-refractivity contribution in [1.82, 2.24) is 5.32 Å². The summed E-state index contributed by atoms with van der Waals surface area (Å²) in [6, 6.07) is 0. The minimum atomic E-state index is -0.860. The lowest BCUT2D eigenvalue weighted by Crippen LogP contribution is -2.67. The Bertz CT molecular complexity index is 913. The summed E-state index contributed by atoms with van der Waals surface area (Å²) in [4.78, 5) is 26.5. The molecule has 37 heavy (non-hydrogen) atoms. The standard InChI is InChI=1S/C28H44N2O7/c1-14-11-17(31)23-18(34-14)13-19-22(24(23)32)16-5-4-9-28(26(33)35-25(16)27(2,3)36-19)20(37-28)7-6-15-8-10-30-21(29)12-15/h14-16,18-25,30,32H,4-13,29H2,1-3H3. The number of aliphatic hydroxyl groups is 1. The number of rotatable bonds is 3. The Morgan fingerprint density at radius 2 is 1.92 bits per heavy atom. The van der Waals surface area contributed by atoms with Gasteiger partial charge in [0.15, 0.2) is 5.60 Å². The van der Waals surface area contributed by atoms with Gasteiger partial charge in [-0.3, -0.25) is 4.79 Å². The van der Waals surface area contributed by atoms with E-state index in [1.165, 1.54) is 0 Å². The van der Waals surface area contributed by atoms with E-state index < -0.39 is 29.3 Å². The molecule has 6 aliphatic rings. The van der Waals surface area contributed by atoms with E-state index in [1.807, 2.05) is 20.8 Å².